The van der Waals surface area contributed by atoms with Crippen molar-refractivity contribution in [3.63, 3.8) is 0 Å². The Balaban J connectivity index is 2.35. The summed E-state index contributed by atoms with van der Waals surface area (Å²) in [5.41, 5.74) is -0.217. The number of nitrogens with zero attached hydrogens (tertiary/aromatic N) is 1. The van der Waals surface area contributed by atoms with Crippen LogP contribution < -0.4 is 10.1 Å². The summed E-state index contributed by atoms with van der Waals surface area (Å²) in [5.74, 6) is -0.242. The van der Waals surface area contributed by atoms with Crippen molar-refractivity contribution in [3.05, 3.63) is 51.5 Å². The van der Waals surface area contributed by atoms with Crippen LogP contribution in [0.5, 0.6) is 11.5 Å². The van der Waals surface area contributed by atoms with E-state index in [2.05, 4.69) is 10.1 Å². The number of benzene rings is 2. The van der Waals surface area contributed by atoms with Gasteiger partial charge in [-0.2, -0.15) is 0 Å². The molecule has 0 saturated heterocycles. The van der Waals surface area contributed by atoms with E-state index in [4.69, 9.17) is 16.3 Å². The summed E-state index contributed by atoms with van der Waals surface area (Å²) in [6.45, 7) is 1.49. The van der Waals surface area contributed by atoms with Crippen LogP contribution in [0.3, 0.4) is 0 Å². The molecule has 0 aliphatic rings. The molecule has 1 unspecified atom stereocenters. The van der Waals surface area contributed by atoms with Gasteiger partial charge in [-0.05, 0) is 31.2 Å². The number of ether oxygens (including phenoxy) is 2. The monoisotopic (exact) mass is 428 g/mol. The normalized spacial score (nSPS) is 12.1. The molecule has 1 atom stereocenters. The van der Waals surface area contributed by atoms with E-state index in [0.29, 0.717) is 0 Å². The fourth-order valence-electron chi connectivity index (χ4n) is 2.24. The average Bonchev–Trinajstić information content (AvgIpc) is 2.61. The van der Waals surface area contributed by atoms with Gasteiger partial charge in [0.05, 0.1) is 22.0 Å². The van der Waals surface area contributed by atoms with Gasteiger partial charge in [0.2, 0.25) is 0 Å². The number of nitro groups is 1. The molecule has 28 heavy (non-hydrogen) atoms. The highest BCUT2D eigenvalue weighted by molar-refractivity contribution is 7.90. The second kappa shape index (κ2) is 8.44. The van der Waals surface area contributed by atoms with Gasteiger partial charge < -0.3 is 14.8 Å². The van der Waals surface area contributed by atoms with Crippen molar-refractivity contribution in [1.82, 2.24) is 0 Å². The summed E-state index contributed by atoms with van der Waals surface area (Å²) < 4.78 is 33.4. The molecule has 2 rings (SSSR count). The Labute approximate surface area is 166 Å². The molecule has 2 aromatic carbocycles. The van der Waals surface area contributed by atoms with E-state index in [0.717, 1.165) is 6.26 Å². The van der Waals surface area contributed by atoms with E-state index in [1.54, 1.807) is 0 Å². The van der Waals surface area contributed by atoms with Crippen LogP contribution in [-0.4, -0.2) is 38.7 Å². The number of hydrogen-bond acceptors (Lipinski definition) is 8. The molecular formula is C17H17ClN2O7S. The van der Waals surface area contributed by atoms with E-state index in [1.165, 1.54) is 50.4 Å². The van der Waals surface area contributed by atoms with Crippen molar-refractivity contribution in [2.45, 2.75) is 17.9 Å². The van der Waals surface area contributed by atoms with Gasteiger partial charge in [-0.1, -0.05) is 11.6 Å². The van der Waals surface area contributed by atoms with E-state index in [1.807, 2.05) is 0 Å². The fraction of sp³-hybridized carbons (Fsp3) is 0.235. The van der Waals surface area contributed by atoms with E-state index >= 15 is 0 Å². The Morgan fingerprint density at radius 1 is 1.25 bits per heavy atom. The quantitative estimate of drug-likeness (QED) is 0.404. The van der Waals surface area contributed by atoms with Gasteiger partial charge >= 0.3 is 5.97 Å². The molecule has 0 aliphatic heterocycles. The first-order valence-electron chi connectivity index (χ1n) is 7.83. The minimum Gasteiger partial charge on any atom is -0.467 e. The topological polar surface area (TPSA) is 125 Å². The maximum absolute atomic E-state index is 11.6. The lowest BCUT2D eigenvalue weighted by molar-refractivity contribution is -0.384. The summed E-state index contributed by atoms with van der Waals surface area (Å²) in [7, 11) is -2.22. The number of methoxy groups -OCH3 is 1. The highest BCUT2D eigenvalue weighted by Crippen LogP contribution is 2.35. The van der Waals surface area contributed by atoms with Crippen LogP contribution in [-0.2, 0) is 19.4 Å². The molecule has 2 aromatic rings. The zero-order chi connectivity index (χ0) is 21.1. The molecule has 11 heteroatoms. The Kier molecular flexibility index (Phi) is 6.47. The number of halogens is 1. The predicted molar refractivity (Wildman–Crippen MR) is 103 cm³/mol. The highest BCUT2D eigenvalue weighted by atomic mass is 35.5. The predicted octanol–water partition coefficient (Wildman–Crippen LogP) is 3.42. The second-order valence-electron chi connectivity index (χ2n) is 5.79. The number of carbonyl (C=O) groups excluding carboxylic acids is 1. The number of rotatable bonds is 7. The molecule has 150 valence electrons. The Bertz CT molecular complexity index is 1020. The highest BCUT2D eigenvalue weighted by Gasteiger charge is 2.21. The van der Waals surface area contributed by atoms with E-state index in [-0.39, 0.29) is 32.8 Å². The Hall–Kier alpha value is -2.85. The lowest BCUT2D eigenvalue weighted by atomic mass is 10.2. The largest absolute Gasteiger partial charge is 0.467 e. The summed E-state index contributed by atoms with van der Waals surface area (Å²) in [4.78, 5) is 22.2. The fourth-order valence-corrected chi connectivity index (χ4v) is 3.18. The average molecular weight is 429 g/mol. The maximum Gasteiger partial charge on any atom is 0.327 e. The zero-order valence-electron chi connectivity index (χ0n) is 15.1. The molecule has 0 bridgehead atoms. The van der Waals surface area contributed by atoms with Crippen LogP contribution in [0.4, 0.5) is 11.4 Å². The van der Waals surface area contributed by atoms with Crippen molar-refractivity contribution in [3.8, 4) is 11.5 Å². The minimum atomic E-state index is -3.43. The number of sulfone groups is 1. The Morgan fingerprint density at radius 2 is 1.93 bits per heavy atom. The third-order valence-electron chi connectivity index (χ3n) is 3.65. The van der Waals surface area contributed by atoms with Crippen LogP contribution >= 0.6 is 11.6 Å². The summed E-state index contributed by atoms with van der Waals surface area (Å²) >= 11 is 6.08. The van der Waals surface area contributed by atoms with Crippen LogP contribution in [0.25, 0.3) is 0 Å². The summed E-state index contributed by atoms with van der Waals surface area (Å²) in [5, 5.41) is 14.0. The molecule has 0 radical (unpaired) electrons. The van der Waals surface area contributed by atoms with Crippen molar-refractivity contribution in [1.29, 1.82) is 0 Å². The standard InChI is InChI=1S/C17H17ClN2O7S/c1-10(17(21)26-2)19-14-8-11(4-6-15(14)20(22)23)27-16-7-5-12(9-13(16)18)28(3,24)25/h4-10,19H,1-3H3. The first-order valence-corrected chi connectivity index (χ1v) is 10.1. The van der Waals surface area contributed by atoms with Crippen LogP contribution in [0, 0.1) is 10.1 Å². The van der Waals surface area contributed by atoms with Gasteiger partial charge in [0.15, 0.2) is 9.84 Å². The third kappa shape index (κ3) is 5.11. The lowest BCUT2D eigenvalue weighted by Gasteiger charge is -2.15. The van der Waals surface area contributed by atoms with Crippen LogP contribution in [0.1, 0.15) is 6.92 Å². The Morgan fingerprint density at radius 3 is 2.46 bits per heavy atom. The molecular weight excluding hydrogens is 412 g/mol. The summed E-state index contributed by atoms with van der Waals surface area (Å²) in [6, 6.07) is 7.02. The molecule has 0 amide bonds. The second-order valence-corrected chi connectivity index (χ2v) is 8.21. The van der Waals surface area contributed by atoms with Crippen molar-refractivity contribution in [2.24, 2.45) is 0 Å². The number of esters is 1. The number of nitro benzene ring substituents is 1. The van der Waals surface area contributed by atoms with Gasteiger partial charge in [-0.25, -0.2) is 13.2 Å². The van der Waals surface area contributed by atoms with Gasteiger partial charge in [0, 0.05) is 18.4 Å². The smallest absolute Gasteiger partial charge is 0.327 e. The summed E-state index contributed by atoms with van der Waals surface area (Å²) in [6.07, 6.45) is 1.05. The molecule has 0 heterocycles. The van der Waals surface area contributed by atoms with Gasteiger partial charge in [0.25, 0.3) is 5.69 Å². The molecule has 9 nitrogen and oxygen atoms in total. The van der Waals surface area contributed by atoms with Gasteiger partial charge in [0.1, 0.15) is 23.2 Å². The number of nitrogens with one attached hydrogen (secondary N) is 1. The van der Waals surface area contributed by atoms with Crippen molar-refractivity contribution < 1.29 is 27.6 Å². The molecule has 1 N–H and O–H groups in total. The molecule has 0 aromatic heterocycles. The molecule has 0 spiro atoms. The SMILES string of the molecule is COC(=O)C(C)Nc1cc(Oc2ccc(S(C)(=O)=O)cc2Cl)ccc1[N+](=O)[O-]. The number of hydrogen-bond donors (Lipinski definition) is 1. The maximum atomic E-state index is 11.6. The van der Waals surface area contributed by atoms with Crippen LogP contribution in [0.15, 0.2) is 41.3 Å². The first-order chi connectivity index (χ1) is 13.0. The first kappa shape index (κ1) is 21.5. The van der Waals surface area contributed by atoms with Crippen molar-refractivity contribution in [2.75, 3.05) is 18.7 Å². The molecule has 0 aliphatic carbocycles. The third-order valence-corrected chi connectivity index (χ3v) is 5.06. The lowest BCUT2D eigenvalue weighted by Crippen LogP contribution is -2.27. The number of carbonyl (C=O) groups is 1. The zero-order valence-corrected chi connectivity index (χ0v) is 16.7. The van der Waals surface area contributed by atoms with Gasteiger partial charge in [-0.3, -0.25) is 10.1 Å². The van der Waals surface area contributed by atoms with E-state index < -0.39 is 26.8 Å². The molecule has 0 fully saturated rings. The van der Waals surface area contributed by atoms with Crippen LogP contribution in [0.2, 0.25) is 5.02 Å². The minimum absolute atomic E-state index is 0.0304. The molecule has 0 saturated carbocycles. The van der Waals surface area contributed by atoms with Crippen molar-refractivity contribution >= 4 is 38.8 Å². The number of anilines is 1. The van der Waals surface area contributed by atoms with E-state index in [9.17, 15) is 23.3 Å². The van der Waals surface area contributed by atoms with Gasteiger partial charge in [-0.15, -0.1) is 0 Å².